The molecule has 0 radical (unpaired) electrons. The fourth-order valence-electron chi connectivity index (χ4n) is 5.13. The molecule has 1 N–H and O–H groups in total. The van der Waals surface area contributed by atoms with Gasteiger partial charge in [0.15, 0.2) is 0 Å². The number of nitrogens with zero attached hydrogens (tertiary/aromatic N) is 4. The first-order valence-electron chi connectivity index (χ1n) is 13.0. The number of ether oxygens (including phenoxy) is 2. The molecule has 216 valence electrons. The standard InChI is InChI=1S/C30H25F4N5O3/c1-41-19-8-6-17(25(10-19)42-2)13-38-14-24-28(29(38)40)23(11-22(36-24)27-20(31)4-3-5-21(27)32)37-26-9-7-18(12-35-26)39-15-30(33,34)16-39/h3-12H,13-16H2,1-2H3,(H,35,36,37). The van der Waals surface area contributed by atoms with Gasteiger partial charge in [-0.15, -0.1) is 0 Å². The molecule has 2 aromatic heterocycles. The average molecular weight is 580 g/mol. The number of hydrogen-bond donors (Lipinski definition) is 1. The van der Waals surface area contributed by atoms with Crippen molar-refractivity contribution >= 4 is 23.1 Å². The summed E-state index contributed by atoms with van der Waals surface area (Å²) in [5.41, 5.74) is 1.74. The van der Waals surface area contributed by atoms with Gasteiger partial charge in [0.1, 0.15) is 29.0 Å². The van der Waals surface area contributed by atoms with Gasteiger partial charge in [0.05, 0.1) is 80.5 Å². The van der Waals surface area contributed by atoms with Gasteiger partial charge in [0, 0.05) is 11.6 Å². The summed E-state index contributed by atoms with van der Waals surface area (Å²) in [6, 6.07) is 13.4. The van der Waals surface area contributed by atoms with Crippen LogP contribution in [0.25, 0.3) is 11.3 Å². The van der Waals surface area contributed by atoms with Gasteiger partial charge in [0.2, 0.25) is 0 Å². The van der Waals surface area contributed by atoms with E-state index in [1.54, 1.807) is 35.2 Å². The number of rotatable bonds is 8. The van der Waals surface area contributed by atoms with Crippen molar-refractivity contribution in [3.63, 3.8) is 0 Å². The molecule has 0 atom stereocenters. The predicted octanol–water partition coefficient (Wildman–Crippen LogP) is 5.79. The lowest BCUT2D eigenvalue weighted by Gasteiger charge is -2.40. The number of pyridine rings is 2. The third-order valence-corrected chi connectivity index (χ3v) is 7.23. The Kier molecular flexibility index (Phi) is 6.83. The van der Waals surface area contributed by atoms with Crippen LogP contribution in [-0.4, -0.2) is 54.0 Å². The zero-order valence-corrected chi connectivity index (χ0v) is 22.6. The summed E-state index contributed by atoms with van der Waals surface area (Å²) in [5.74, 6) is -3.24. The molecule has 0 saturated carbocycles. The molecule has 1 fully saturated rings. The summed E-state index contributed by atoms with van der Waals surface area (Å²) in [7, 11) is 3.06. The first kappa shape index (κ1) is 27.3. The van der Waals surface area contributed by atoms with Crippen molar-refractivity contribution in [2.75, 3.05) is 37.5 Å². The van der Waals surface area contributed by atoms with Crippen molar-refractivity contribution < 1.29 is 31.8 Å². The van der Waals surface area contributed by atoms with E-state index < -0.39 is 17.6 Å². The van der Waals surface area contributed by atoms with Crippen molar-refractivity contribution in [3.05, 3.63) is 89.2 Å². The lowest BCUT2D eigenvalue weighted by atomic mass is 10.1. The molecule has 42 heavy (non-hydrogen) atoms. The molecule has 0 unspecified atom stereocenters. The Morgan fingerprint density at radius 2 is 1.74 bits per heavy atom. The molecule has 12 heteroatoms. The van der Waals surface area contributed by atoms with Gasteiger partial charge >= 0.3 is 0 Å². The quantitative estimate of drug-likeness (QED) is 0.265. The fraction of sp³-hybridized carbons (Fsp3) is 0.233. The maximum atomic E-state index is 14.8. The van der Waals surface area contributed by atoms with Crippen molar-refractivity contribution in [1.82, 2.24) is 14.9 Å². The highest BCUT2D eigenvalue weighted by Crippen LogP contribution is 2.37. The summed E-state index contributed by atoms with van der Waals surface area (Å²) in [5, 5.41) is 3.07. The van der Waals surface area contributed by atoms with Crippen LogP contribution in [0.2, 0.25) is 0 Å². The van der Waals surface area contributed by atoms with Gasteiger partial charge in [-0.25, -0.2) is 27.5 Å². The van der Waals surface area contributed by atoms with Crippen LogP contribution in [0, 0.1) is 11.6 Å². The van der Waals surface area contributed by atoms with E-state index in [1.165, 1.54) is 37.4 Å². The van der Waals surface area contributed by atoms with Gasteiger partial charge in [-0.2, -0.15) is 0 Å². The molecular formula is C30H25F4N5O3. The van der Waals surface area contributed by atoms with E-state index in [9.17, 15) is 22.4 Å². The molecule has 4 aromatic rings. The third kappa shape index (κ3) is 5.04. The first-order valence-corrected chi connectivity index (χ1v) is 13.0. The van der Waals surface area contributed by atoms with Crippen molar-refractivity contribution in [2.24, 2.45) is 0 Å². The Morgan fingerprint density at radius 1 is 0.976 bits per heavy atom. The minimum absolute atomic E-state index is 0.00274. The normalized spacial score (nSPS) is 15.3. The number of carbonyl (C=O) groups excluding carboxylic acids is 1. The van der Waals surface area contributed by atoms with Gasteiger partial charge in [0.25, 0.3) is 11.8 Å². The number of halogens is 4. The summed E-state index contributed by atoms with van der Waals surface area (Å²) in [4.78, 5) is 25.6. The molecule has 2 aliphatic rings. The number of anilines is 3. The highest BCUT2D eigenvalue weighted by atomic mass is 19.3. The minimum atomic E-state index is -2.73. The zero-order chi connectivity index (χ0) is 29.6. The van der Waals surface area contributed by atoms with E-state index >= 15 is 0 Å². The van der Waals surface area contributed by atoms with Crippen LogP contribution in [0.4, 0.5) is 34.8 Å². The van der Waals surface area contributed by atoms with Gasteiger partial charge in [-0.3, -0.25) is 4.79 Å². The Balaban J connectivity index is 1.35. The topological polar surface area (TPSA) is 79.8 Å². The highest BCUT2D eigenvalue weighted by molar-refractivity contribution is 6.04. The van der Waals surface area contributed by atoms with E-state index in [0.29, 0.717) is 28.7 Å². The van der Waals surface area contributed by atoms with Gasteiger partial charge in [-0.1, -0.05) is 6.07 Å². The van der Waals surface area contributed by atoms with Crippen molar-refractivity contribution in [2.45, 2.75) is 19.0 Å². The SMILES string of the molecule is COc1ccc(CN2Cc3nc(-c4c(F)cccc4F)cc(Nc4ccc(N5CC(F)(F)C5)cn4)c3C2=O)c(OC)c1. The van der Waals surface area contributed by atoms with Gasteiger partial charge < -0.3 is 24.6 Å². The van der Waals surface area contributed by atoms with Crippen molar-refractivity contribution in [1.29, 1.82) is 0 Å². The number of carbonyl (C=O) groups is 1. The molecule has 2 aromatic carbocycles. The maximum absolute atomic E-state index is 14.8. The molecule has 1 saturated heterocycles. The molecule has 8 nitrogen and oxygen atoms in total. The Morgan fingerprint density at radius 3 is 2.38 bits per heavy atom. The second-order valence-corrected chi connectivity index (χ2v) is 10.1. The molecule has 6 rings (SSSR count). The predicted molar refractivity (Wildman–Crippen MR) is 147 cm³/mol. The molecule has 4 heterocycles. The van der Waals surface area contributed by atoms with E-state index in [0.717, 1.165) is 17.7 Å². The number of fused-ring (bicyclic) bond motifs is 1. The lowest BCUT2D eigenvalue weighted by Crippen LogP contribution is -2.56. The van der Waals surface area contributed by atoms with E-state index in [1.807, 2.05) is 0 Å². The summed E-state index contributed by atoms with van der Waals surface area (Å²) in [6.45, 7) is -0.517. The second kappa shape index (κ2) is 10.5. The van der Waals surface area contributed by atoms with Crippen molar-refractivity contribution in [3.8, 4) is 22.8 Å². The average Bonchev–Trinajstić information content (AvgIpc) is 3.27. The summed E-state index contributed by atoms with van der Waals surface area (Å²) < 4.78 is 66.9. The van der Waals surface area contributed by atoms with Crippen LogP contribution >= 0.6 is 0 Å². The number of amides is 1. The van der Waals surface area contributed by atoms with E-state index in [-0.39, 0.29) is 54.6 Å². The van der Waals surface area contributed by atoms with Gasteiger partial charge in [-0.05, 0) is 42.5 Å². The largest absolute Gasteiger partial charge is 0.497 e. The van der Waals surface area contributed by atoms with Crippen LogP contribution < -0.4 is 19.7 Å². The molecule has 2 aliphatic heterocycles. The zero-order valence-electron chi connectivity index (χ0n) is 22.6. The summed E-state index contributed by atoms with van der Waals surface area (Å²) >= 11 is 0. The van der Waals surface area contributed by atoms with Crippen LogP contribution in [-0.2, 0) is 13.1 Å². The maximum Gasteiger partial charge on any atom is 0.282 e. The van der Waals surface area contributed by atoms with Crippen LogP contribution in [0.5, 0.6) is 11.5 Å². The smallest absolute Gasteiger partial charge is 0.282 e. The van der Waals surface area contributed by atoms with Crippen LogP contribution in [0.3, 0.4) is 0 Å². The Bertz CT molecular complexity index is 1650. The molecule has 0 bridgehead atoms. The fourth-order valence-corrected chi connectivity index (χ4v) is 5.13. The molecular weight excluding hydrogens is 554 g/mol. The minimum Gasteiger partial charge on any atom is -0.497 e. The Hall–Kier alpha value is -4.87. The molecule has 0 aliphatic carbocycles. The number of nitrogens with one attached hydrogen (secondary N) is 1. The third-order valence-electron chi connectivity index (χ3n) is 7.23. The monoisotopic (exact) mass is 579 g/mol. The highest BCUT2D eigenvalue weighted by Gasteiger charge is 2.44. The second-order valence-electron chi connectivity index (χ2n) is 10.1. The van der Waals surface area contributed by atoms with Crippen LogP contribution in [0.1, 0.15) is 21.6 Å². The van der Waals surface area contributed by atoms with Crippen LogP contribution in [0.15, 0.2) is 60.8 Å². The number of hydrogen-bond acceptors (Lipinski definition) is 7. The first-order chi connectivity index (χ1) is 20.2. The lowest BCUT2D eigenvalue weighted by molar-refractivity contribution is -0.0262. The summed E-state index contributed by atoms with van der Waals surface area (Å²) in [6.07, 6.45) is 1.44. The number of benzene rings is 2. The van der Waals surface area contributed by atoms with E-state index in [2.05, 4.69) is 15.3 Å². The number of aromatic nitrogens is 2. The number of alkyl halides is 2. The molecule has 1 amide bonds. The van der Waals surface area contributed by atoms with E-state index in [4.69, 9.17) is 9.47 Å². The number of methoxy groups -OCH3 is 2. The Labute approximate surface area is 238 Å². The molecule has 0 spiro atoms.